The predicted molar refractivity (Wildman–Crippen MR) is 310 cm³/mol. The van der Waals surface area contributed by atoms with Crippen molar-refractivity contribution < 1.29 is 43.3 Å². The predicted octanol–water partition coefficient (Wildman–Crippen LogP) is 6.96. The highest BCUT2D eigenvalue weighted by atomic mass is 32.1. The maximum Gasteiger partial charge on any atom is 0.271 e. The Balaban J connectivity index is 1.12. The lowest BCUT2D eigenvalue weighted by atomic mass is 10.0. The summed E-state index contributed by atoms with van der Waals surface area (Å²) < 4.78 is 10.9. The molecule has 0 aliphatic carbocycles. The minimum Gasteiger partial charge on any atom is -0.386 e. The first-order valence-corrected chi connectivity index (χ1v) is 30.0. The number of pyridine rings is 1. The lowest BCUT2D eigenvalue weighted by Gasteiger charge is -2.23. The van der Waals surface area contributed by atoms with Crippen LogP contribution in [0, 0.1) is 12.8 Å². The molecule has 10 bridgehead atoms. The number of ether oxygens (including phenoxy) is 2. The quantitative estimate of drug-likeness (QED) is 0.0573. The summed E-state index contributed by atoms with van der Waals surface area (Å²) in [5.41, 5.74) is 7.31. The molecule has 7 aromatic heterocycles. The number of nitrogens with zero attached hydrogens (tertiary/aromatic N) is 7. The van der Waals surface area contributed by atoms with Gasteiger partial charge in [-0.3, -0.25) is 28.8 Å². The summed E-state index contributed by atoms with van der Waals surface area (Å²) in [6.07, 6.45) is 0.143. The highest BCUT2D eigenvalue weighted by Crippen LogP contribution is 2.41. The van der Waals surface area contributed by atoms with Crippen LogP contribution in [-0.2, 0) is 30.5 Å². The van der Waals surface area contributed by atoms with Crippen molar-refractivity contribution >= 4 is 109 Å². The molecule has 23 nitrogen and oxygen atoms in total. The second-order valence-electron chi connectivity index (χ2n) is 19.1. The van der Waals surface area contributed by atoms with Gasteiger partial charge < -0.3 is 52.2 Å². The molecule has 8 heterocycles. The highest BCUT2D eigenvalue weighted by Gasteiger charge is 2.33. The van der Waals surface area contributed by atoms with Crippen molar-refractivity contribution in [3.05, 3.63) is 112 Å². The smallest absolute Gasteiger partial charge is 0.271 e. The van der Waals surface area contributed by atoms with Gasteiger partial charge in [-0.2, -0.15) is 0 Å². The molecule has 29 heteroatoms. The van der Waals surface area contributed by atoms with Gasteiger partial charge in [0.2, 0.25) is 11.8 Å². The zero-order valence-electron chi connectivity index (χ0n) is 44.4. The zero-order chi connectivity index (χ0) is 57.7. The summed E-state index contributed by atoms with van der Waals surface area (Å²) in [6.45, 7) is 7.95. The van der Waals surface area contributed by atoms with Crippen molar-refractivity contribution in [1.82, 2.24) is 61.5 Å². The number of thiazole rings is 6. The number of anilines is 1. The van der Waals surface area contributed by atoms with Gasteiger partial charge in [-0.05, 0) is 44.4 Å². The van der Waals surface area contributed by atoms with E-state index in [9.17, 15) is 33.9 Å². The van der Waals surface area contributed by atoms with E-state index in [1.807, 2.05) is 13.8 Å². The fourth-order valence-electron chi connectivity index (χ4n) is 8.07. The highest BCUT2D eigenvalue weighted by molar-refractivity contribution is 7.19. The zero-order valence-corrected chi connectivity index (χ0v) is 49.3. The van der Waals surface area contributed by atoms with Crippen LogP contribution in [0.3, 0.4) is 0 Å². The van der Waals surface area contributed by atoms with Gasteiger partial charge in [-0.25, -0.2) is 34.9 Å². The molecule has 0 saturated carbocycles. The first-order valence-electron chi connectivity index (χ1n) is 24.9. The van der Waals surface area contributed by atoms with Crippen LogP contribution >= 0.6 is 68.0 Å². The lowest BCUT2D eigenvalue weighted by Crippen LogP contribution is -2.40. The number of aliphatic hydroxyl groups is 1. The Morgan fingerprint density at radius 1 is 0.765 bits per heavy atom. The number of hydrogen-bond donors (Lipinski definition) is 8. The lowest BCUT2D eigenvalue weighted by molar-refractivity contribution is -0.126. The number of hydrogen-bond acceptors (Lipinski definition) is 23. The van der Waals surface area contributed by atoms with Gasteiger partial charge >= 0.3 is 0 Å². The molecule has 422 valence electrons. The Bertz CT molecular complexity index is 3620. The molecule has 1 aromatic carbocycles. The van der Waals surface area contributed by atoms with E-state index in [1.165, 1.54) is 70.8 Å². The number of carbonyl (C=O) groups is 6. The SMILES string of the molecule is CNC(=O)C[C@@H]1NC(=O)c2csc(n2)-c2ccc(-c3nc(NC(=O)COC(C)(C)N)cs3)nc2-c2cnc(s2)-c2csc(n2)[C@H]([C@@H](O)c2ccccc2)NC(=O)CNC(=O)c2nc(sc2COC)[C@H](C(C)C)NC(=O)c2nc1sc2C. The Morgan fingerprint density at radius 2 is 1.52 bits per heavy atom. The molecule has 0 unspecified atom stereocenters. The second-order valence-corrected chi connectivity index (χ2v) is 25.1. The van der Waals surface area contributed by atoms with Gasteiger partial charge in [0.25, 0.3) is 23.6 Å². The Hall–Kier alpha value is -7.19. The van der Waals surface area contributed by atoms with Gasteiger partial charge in [0.1, 0.15) is 83.1 Å². The summed E-state index contributed by atoms with van der Waals surface area (Å²) in [4.78, 5) is 117. The Labute approximate surface area is 487 Å². The van der Waals surface area contributed by atoms with Gasteiger partial charge in [0.15, 0.2) is 0 Å². The van der Waals surface area contributed by atoms with E-state index < -0.39 is 71.9 Å². The van der Waals surface area contributed by atoms with Crippen LogP contribution in [0.1, 0.15) is 120 Å². The van der Waals surface area contributed by atoms with Crippen LogP contribution in [0.15, 0.2) is 64.8 Å². The van der Waals surface area contributed by atoms with Crippen molar-refractivity contribution in [2.75, 3.05) is 32.6 Å². The first-order chi connectivity index (χ1) is 38.7. The van der Waals surface area contributed by atoms with E-state index in [2.05, 4.69) is 46.9 Å². The number of nitrogens with two attached hydrogens (primary N) is 1. The minimum atomic E-state index is -1.27. The minimum absolute atomic E-state index is 0.000195. The molecule has 0 fully saturated rings. The molecule has 0 saturated heterocycles. The van der Waals surface area contributed by atoms with Crippen LogP contribution < -0.4 is 37.6 Å². The van der Waals surface area contributed by atoms with Gasteiger partial charge in [0.05, 0.1) is 52.8 Å². The monoisotopic (exact) mass is 1210 g/mol. The molecule has 6 amide bonds. The maximum atomic E-state index is 14.3. The normalized spacial score (nSPS) is 16.7. The molecule has 1 aliphatic rings. The number of amides is 6. The number of benzene rings is 1. The van der Waals surface area contributed by atoms with E-state index >= 15 is 0 Å². The van der Waals surface area contributed by atoms with E-state index in [1.54, 1.807) is 85.6 Å². The van der Waals surface area contributed by atoms with Gasteiger partial charge in [0, 0.05) is 46.9 Å². The van der Waals surface area contributed by atoms with E-state index in [0.717, 1.165) is 11.3 Å². The van der Waals surface area contributed by atoms with Gasteiger partial charge in [-0.15, -0.1) is 68.0 Å². The number of rotatable bonds is 12. The molecular formula is C52H54N14O9S6. The largest absolute Gasteiger partial charge is 0.386 e. The number of methoxy groups -OCH3 is 1. The first kappa shape index (κ1) is 58.5. The number of aromatic nitrogens is 7. The maximum absolute atomic E-state index is 14.3. The fraction of sp³-hybridized carbons (Fsp3) is 0.327. The molecule has 81 heavy (non-hydrogen) atoms. The Morgan fingerprint density at radius 3 is 2.26 bits per heavy atom. The molecule has 9 rings (SSSR count). The molecule has 0 radical (unpaired) electrons. The number of aryl methyl sites for hydroxylation is 1. The molecule has 8 aromatic rings. The summed E-state index contributed by atoms with van der Waals surface area (Å²) >= 11 is 7.20. The summed E-state index contributed by atoms with van der Waals surface area (Å²) in [7, 11) is 2.94. The second kappa shape index (κ2) is 25.3. The van der Waals surface area contributed by atoms with E-state index in [-0.39, 0.29) is 48.5 Å². The fourth-order valence-corrected chi connectivity index (χ4v) is 13.7. The Kier molecular flexibility index (Phi) is 18.3. The van der Waals surface area contributed by atoms with Crippen LogP contribution in [0.4, 0.5) is 5.82 Å². The molecule has 4 atom stereocenters. The van der Waals surface area contributed by atoms with Crippen molar-refractivity contribution in [2.24, 2.45) is 11.7 Å². The van der Waals surface area contributed by atoms with Crippen molar-refractivity contribution in [1.29, 1.82) is 0 Å². The van der Waals surface area contributed by atoms with Crippen LogP contribution in [0.5, 0.6) is 0 Å². The van der Waals surface area contributed by atoms with E-state index in [4.69, 9.17) is 35.1 Å². The molecule has 9 N–H and O–H groups in total. The topological polar surface area (TPSA) is 330 Å². The molecule has 0 spiro atoms. The average molecular weight is 1210 g/mol. The number of nitrogens with one attached hydrogen (secondary N) is 6. The average Bonchev–Trinajstić information content (AvgIpc) is 4.34. The van der Waals surface area contributed by atoms with Crippen LogP contribution in [0.2, 0.25) is 0 Å². The molecule has 1 aliphatic heterocycles. The number of fused-ring (bicyclic) bond motifs is 14. The standard InChI is InChI=1S/C52H54N14O9S6/c1-23(2)37-51-66-40(32(81-51)18-74-7)44(72)55-17-35(68)63-41(42(70)25-11-9-8-10-12-25)50-60-30(21-77-50)47-56-16-31(80-47)39-26(13-14-27(57-39)48-62-33(22-78-48)61-36(69)19-75-52(4,5)53)46-59-29(20-76-46)43(71)58-28(15-34(67)54-6)49-65-38(24(3)79-49)45(73)64-37/h8-14,16,20-23,28,37,41-42,70H,15,17-19,53H2,1-7H3,(H,54,67)(H,55,72)(H,58,71)(H,61,69)(H,63,68)(H,64,73)/t28-,37-,41-,42-/m0/s1. The van der Waals surface area contributed by atoms with Crippen molar-refractivity contribution in [3.8, 4) is 42.5 Å². The third kappa shape index (κ3) is 13.9. The third-order valence-corrected chi connectivity index (χ3v) is 18.0. The number of carbonyl (C=O) groups excluding carboxylic acids is 6. The summed E-state index contributed by atoms with van der Waals surface area (Å²) in [5.74, 6) is -3.28. The molecular weight excluding hydrogens is 1160 g/mol. The van der Waals surface area contributed by atoms with Gasteiger partial charge in [-0.1, -0.05) is 44.2 Å². The third-order valence-electron chi connectivity index (χ3n) is 12.1. The van der Waals surface area contributed by atoms with E-state index in [0.29, 0.717) is 72.9 Å². The summed E-state index contributed by atoms with van der Waals surface area (Å²) in [5, 5.41) is 36.1. The number of aliphatic hydroxyl groups excluding tert-OH is 1. The van der Waals surface area contributed by atoms with Crippen LogP contribution in [-0.4, -0.2) is 108 Å². The van der Waals surface area contributed by atoms with Crippen molar-refractivity contribution in [2.45, 2.75) is 77.6 Å². The van der Waals surface area contributed by atoms with Crippen molar-refractivity contribution in [3.63, 3.8) is 0 Å². The summed E-state index contributed by atoms with van der Waals surface area (Å²) in [6, 6.07) is 9.54. The van der Waals surface area contributed by atoms with Crippen LogP contribution in [0.25, 0.3) is 42.5 Å².